The van der Waals surface area contributed by atoms with E-state index < -0.39 is 0 Å². The summed E-state index contributed by atoms with van der Waals surface area (Å²) in [6, 6.07) is 14.0. The molecule has 0 aliphatic carbocycles. The largest absolute Gasteiger partial charge is 0.378 e. The zero-order chi connectivity index (χ0) is 17.9. The third-order valence-electron chi connectivity index (χ3n) is 5.28. The zero-order valence-electron chi connectivity index (χ0n) is 14.7. The molecule has 2 aromatic rings. The summed E-state index contributed by atoms with van der Waals surface area (Å²) >= 11 is 0. The van der Waals surface area contributed by atoms with Crippen molar-refractivity contribution < 1.29 is 13.9 Å². The van der Waals surface area contributed by atoms with Crippen molar-refractivity contribution in [3.63, 3.8) is 0 Å². The monoisotopic (exact) mass is 354 g/mol. The fourth-order valence-corrected chi connectivity index (χ4v) is 3.85. The highest BCUT2D eigenvalue weighted by Crippen LogP contribution is 2.22. The van der Waals surface area contributed by atoms with Crippen LogP contribution in [0.1, 0.15) is 23.2 Å². The molecule has 2 atom stereocenters. The molecule has 1 amide bonds. The molecular formula is C21H23FN2O2. The number of amides is 1. The van der Waals surface area contributed by atoms with Gasteiger partial charge in [0.1, 0.15) is 5.82 Å². The first kappa shape index (κ1) is 17.2. The normalized spacial score (nSPS) is 23.3. The number of halogens is 1. The van der Waals surface area contributed by atoms with Crippen LogP contribution in [-0.2, 0) is 4.74 Å². The van der Waals surface area contributed by atoms with Crippen molar-refractivity contribution in [3.05, 3.63) is 59.9 Å². The average molecular weight is 354 g/mol. The number of carbonyl (C=O) groups excluding carboxylic acids is 1. The van der Waals surface area contributed by atoms with Crippen molar-refractivity contribution in [2.24, 2.45) is 0 Å². The number of likely N-dealkylation sites (tertiary alicyclic amines) is 1. The molecule has 2 aliphatic rings. The van der Waals surface area contributed by atoms with Crippen LogP contribution in [-0.4, -0.2) is 49.2 Å². The SMILES string of the molecule is O=C(N[C@@H]1COC[C@H]1N1CCCC1)c1cccc(-c2ccc(F)cc2)c1. The maximum absolute atomic E-state index is 13.1. The number of nitrogens with one attached hydrogen (secondary N) is 1. The number of hydrogen-bond acceptors (Lipinski definition) is 3. The first-order chi connectivity index (χ1) is 12.7. The first-order valence-electron chi connectivity index (χ1n) is 9.19. The van der Waals surface area contributed by atoms with Gasteiger partial charge >= 0.3 is 0 Å². The van der Waals surface area contributed by atoms with Crippen LogP contribution in [0.15, 0.2) is 48.5 Å². The van der Waals surface area contributed by atoms with Crippen molar-refractivity contribution in [2.45, 2.75) is 24.9 Å². The van der Waals surface area contributed by atoms with E-state index in [1.54, 1.807) is 12.1 Å². The van der Waals surface area contributed by atoms with Crippen molar-refractivity contribution in [1.29, 1.82) is 0 Å². The van der Waals surface area contributed by atoms with Crippen molar-refractivity contribution >= 4 is 5.91 Å². The second-order valence-electron chi connectivity index (χ2n) is 7.02. The minimum absolute atomic E-state index is 0.0232. The lowest BCUT2D eigenvalue weighted by Crippen LogP contribution is -2.50. The fraction of sp³-hybridized carbons (Fsp3) is 0.381. The minimum atomic E-state index is -0.267. The highest BCUT2D eigenvalue weighted by molar-refractivity contribution is 5.95. The van der Waals surface area contributed by atoms with Gasteiger partial charge in [0.25, 0.3) is 5.91 Å². The minimum Gasteiger partial charge on any atom is -0.378 e. The summed E-state index contributed by atoms with van der Waals surface area (Å²) in [5.74, 6) is -0.356. The molecule has 4 rings (SSSR count). The standard InChI is InChI=1S/C21H23FN2O2/c22-18-8-6-15(7-9-18)16-4-3-5-17(12-16)21(25)23-19-13-26-14-20(19)24-10-1-2-11-24/h3-9,12,19-20H,1-2,10-11,13-14H2,(H,23,25)/t19-,20-/m1/s1. The maximum atomic E-state index is 13.1. The summed E-state index contributed by atoms with van der Waals surface area (Å²) < 4.78 is 18.8. The topological polar surface area (TPSA) is 41.6 Å². The highest BCUT2D eigenvalue weighted by Gasteiger charge is 2.35. The van der Waals surface area contributed by atoms with E-state index in [9.17, 15) is 9.18 Å². The van der Waals surface area contributed by atoms with E-state index in [1.165, 1.54) is 25.0 Å². The molecule has 2 fully saturated rings. The summed E-state index contributed by atoms with van der Waals surface area (Å²) in [4.78, 5) is 15.2. The second-order valence-corrected chi connectivity index (χ2v) is 7.02. The molecule has 0 spiro atoms. The number of hydrogen-bond donors (Lipinski definition) is 1. The van der Waals surface area contributed by atoms with Crippen LogP contribution in [0.3, 0.4) is 0 Å². The Bertz CT molecular complexity index is 772. The maximum Gasteiger partial charge on any atom is 0.251 e. The van der Waals surface area contributed by atoms with Crippen molar-refractivity contribution in [3.8, 4) is 11.1 Å². The van der Waals surface area contributed by atoms with Gasteiger partial charge in [0.15, 0.2) is 0 Å². The van der Waals surface area contributed by atoms with Gasteiger partial charge in [0.05, 0.1) is 25.3 Å². The van der Waals surface area contributed by atoms with Gasteiger partial charge in [-0.05, 0) is 61.3 Å². The van der Waals surface area contributed by atoms with Crippen LogP contribution in [0.25, 0.3) is 11.1 Å². The summed E-state index contributed by atoms with van der Waals surface area (Å²) in [7, 11) is 0. The molecule has 2 aliphatic heterocycles. The van der Waals surface area contributed by atoms with E-state index in [4.69, 9.17) is 4.74 Å². The van der Waals surface area contributed by atoms with Crippen LogP contribution in [0.5, 0.6) is 0 Å². The summed E-state index contributed by atoms with van der Waals surface area (Å²) in [5.41, 5.74) is 2.40. The lowest BCUT2D eigenvalue weighted by molar-refractivity contribution is 0.0916. The van der Waals surface area contributed by atoms with Gasteiger partial charge in [-0.1, -0.05) is 24.3 Å². The van der Waals surface area contributed by atoms with Crippen LogP contribution in [0, 0.1) is 5.82 Å². The summed E-state index contributed by atoms with van der Waals surface area (Å²) in [6.07, 6.45) is 2.44. The lowest BCUT2D eigenvalue weighted by Gasteiger charge is -2.28. The summed E-state index contributed by atoms with van der Waals surface area (Å²) in [6.45, 7) is 3.41. The number of ether oxygens (including phenoxy) is 1. The van der Waals surface area contributed by atoms with E-state index in [0.717, 1.165) is 24.2 Å². The molecule has 136 valence electrons. The second kappa shape index (κ2) is 7.56. The molecular weight excluding hydrogens is 331 g/mol. The average Bonchev–Trinajstić information content (AvgIpc) is 3.34. The van der Waals surface area contributed by atoms with Gasteiger partial charge in [0.2, 0.25) is 0 Å². The fourth-order valence-electron chi connectivity index (χ4n) is 3.85. The Morgan fingerprint density at radius 3 is 2.58 bits per heavy atom. The Balaban J connectivity index is 1.48. The van der Waals surface area contributed by atoms with E-state index in [-0.39, 0.29) is 23.8 Å². The molecule has 2 saturated heterocycles. The molecule has 0 bridgehead atoms. The molecule has 1 N–H and O–H groups in total. The molecule has 5 heteroatoms. The van der Waals surface area contributed by atoms with E-state index in [2.05, 4.69) is 10.2 Å². The van der Waals surface area contributed by atoms with Crippen molar-refractivity contribution in [2.75, 3.05) is 26.3 Å². The predicted molar refractivity (Wildman–Crippen MR) is 98.5 cm³/mol. The Hall–Kier alpha value is -2.24. The smallest absolute Gasteiger partial charge is 0.251 e. The molecule has 0 unspecified atom stereocenters. The third-order valence-corrected chi connectivity index (χ3v) is 5.28. The Morgan fingerprint density at radius 2 is 1.81 bits per heavy atom. The van der Waals surface area contributed by atoms with Crippen LogP contribution in [0.2, 0.25) is 0 Å². The molecule has 26 heavy (non-hydrogen) atoms. The molecule has 2 aromatic carbocycles. The van der Waals surface area contributed by atoms with E-state index >= 15 is 0 Å². The first-order valence-corrected chi connectivity index (χ1v) is 9.19. The number of carbonyl (C=O) groups is 1. The zero-order valence-corrected chi connectivity index (χ0v) is 14.7. The predicted octanol–water partition coefficient (Wildman–Crippen LogP) is 3.09. The van der Waals surface area contributed by atoms with Gasteiger partial charge in [-0.3, -0.25) is 9.69 Å². The van der Waals surface area contributed by atoms with Gasteiger partial charge in [-0.2, -0.15) is 0 Å². The lowest BCUT2D eigenvalue weighted by atomic mass is 10.0. The number of rotatable bonds is 4. The molecule has 0 radical (unpaired) electrons. The van der Waals surface area contributed by atoms with Gasteiger partial charge in [-0.15, -0.1) is 0 Å². The van der Waals surface area contributed by atoms with Crippen molar-refractivity contribution in [1.82, 2.24) is 10.2 Å². The molecule has 2 heterocycles. The Morgan fingerprint density at radius 1 is 1.04 bits per heavy atom. The molecule has 0 aromatic heterocycles. The highest BCUT2D eigenvalue weighted by atomic mass is 19.1. The Labute approximate surface area is 153 Å². The number of nitrogens with zero attached hydrogens (tertiary/aromatic N) is 1. The van der Waals surface area contributed by atoms with Crippen LogP contribution >= 0.6 is 0 Å². The van der Waals surface area contributed by atoms with Gasteiger partial charge in [0, 0.05) is 5.56 Å². The van der Waals surface area contributed by atoms with E-state index in [0.29, 0.717) is 18.8 Å². The van der Waals surface area contributed by atoms with Gasteiger partial charge < -0.3 is 10.1 Å². The van der Waals surface area contributed by atoms with Crippen LogP contribution < -0.4 is 5.32 Å². The molecule has 4 nitrogen and oxygen atoms in total. The quantitative estimate of drug-likeness (QED) is 0.917. The van der Waals surface area contributed by atoms with Gasteiger partial charge in [-0.25, -0.2) is 4.39 Å². The van der Waals surface area contributed by atoms with Crippen LogP contribution in [0.4, 0.5) is 4.39 Å². The summed E-state index contributed by atoms with van der Waals surface area (Å²) in [5, 5.41) is 3.14. The third kappa shape index (κ3) is 3.64. The Kier molecular flexibility index (Phi) is 5.00. The molecule has 0 saturated carbocycles. The van der Waals surface area contributed by atoms with E-state index in [1.807, 2.05) is 24.3 Å². The number of benzene rings is 2.